The van der Waals surface area contributed by atoms with Gasteiger partial charge in [0.1, 0.15) is 0 Å². The fourth-order valence-electron chi connectivity index (χ4n) is 3.61. The van der Waals surface area contributed by atoms with Gasteiger partial charge in [0.25, 0.3) is 5.91 Å². The molecule has 0 spiro atoms. The van der Waals surface area contributed by atoms with Crippen molar-refractivity contribution >= 4 is 11.9 Å². The Balaban J connectivity index is 1.32. The van der Waals surface area contributed by atoms with E-state index < -0.39 is 0 Å². The van der Waals surface area contributed by atoms with E-state index in [9.17, 15) is 4.79 Å². The summed E-state index contributed by atoms with van der Waals surface area (Å²) in [7, 11) is 0. The largest absolute Gasteiger partial charge is 0.459 e. The molecule has 1 N–H and O–H groups in total. The monoisotopic (exact) mass is 420 g/mol. The number of piperazine rings is 1. The highest BCUT2D eigenvalue weighted by molar-refractivity contribution is 5.91. The molecule has 1 fully saturated rings. The van der Waals surface area contributed by atoms with Gasteiger partial charge in [-0.15, -0.1) is 0 Å². The molecule has 8 heteroatoms. The number of benzene rings is 1. The fraction of sp³-hybridized carbons (Fsp3) is 0.348. The number of nitrogens with zero attached hydrogens (tertiary/aromatic N) is 5. The molecule has 0 radical (unpaired) electrons. The molecule has 1 aliphatic heterocycles. The van der Waals surface area contributed by atoms with E-state index in [-0.39, 0.29) is 5.91 Å². The third kappa shape index (κ3) is 5.14. The van der Waals surface area contributed by atoms with Crippen LogP contribution in [0.5, 0.6) is 0 Å². The summed E-state index contributed by atoms with van der Waals surface area (Å²) in [5, 5.41) is 7.83. The predicted octanol–water partition coefficient (Wildman–Crippen LogP) is 2.43. The van der Waals surface area contributed by atoms with Crippen LogP contribution in [-0.2, 0) is 6.42 Å². The molecule has 3 heterocycles. The molecule has 1 amide bonds. The lowest BCUT2D eigenvalue weighted by Crippen LogP contribution is -2.53. The zero-order valence-electron chi connectivity index (χ0n) is 17.8. The van der Waals surface area contributed by atoms with Crippen LogP contribution < -0.4 is 5.32 Å². The SMILES string of the molecule is CCNC(=NCCc1cnn(-c2ccccc2)c1)N1CCN(C(=O)c2ccco2)CC1. The molecule has 1 saturated heterocycles. The van der Waals surface area contributed by atoms with Gasteiger partial charge < -0.3 is 19.5 Å². The third-order valence-electron chi connectivity index (χ3n) is 5.25. The van der Waals surface area contributed by atoms with Gasteiger partial charge in [-0.05, 0) is 43.2 Å². The molecule has 4 rings (SSSR count). The van der Waals surface area contributed by atoms with E-state index in [4.69, 9.17) is 9.41 Å². The van der Waals surface area contributed by atoms with E-state index in [1.165, 1.54) is 6.26 Å². The van der Waals surface area contributed by atoms with E-state index in [0.29, 0.717) is 25.4 Å². The van der Waals surface area contributed by atoms with Crippen molar-refractivity contribution in [2.45, 2.75) is 13.3 Å². The summed E-state index contributed by atoms with van der Waals surface area (Å²) in [4.78, 5) is 21.3. The number of aliphatic imine (C=N–C) groups is 1. The zero-order valence-corrected chi connectivity index (χ0v) is 17.8. The van der Waals surface area contributed by atoms with Crippen molar-refractivity contribution in [3.05, 3.63) is 72.4 Å². The van der Waals surface area contributed by atoms with Crippen LogP contribution in [0.25, 0.3) is 5.69 Å². The van der Waals surface area contributed by atoms with Gasteiger partial charge in [-0.1, -0.05) is 18.2 Å². The molecule has 31 heavy (non-hydrogen) atoms. The molecule has 162 valence electrons. The number of rotatable bonds is 6. The quantitative estimate of drug-likeness (QED) is 0.490. The van der Waals surface area contributed by atoms with Crippen LogP contribution in [0.4, 0.5) is 0 Å². The number of aromatic nitrogens is 2. The molecular weight excluding hydrogens is 392 g/mol. The van der Waals surface area contributed by atoms with Gasteiger partial charge in [0.15, 0.2) is 11.7 Å². The Hall–Kier alpha value is -3.55. The second-order valence-corrected chi connectivity index (χ2v) is 7.37. The lowest BCUT2D eigenvalue weighted by molar-refractivity contribution is 0.0657. The number of hydrogen-bond donors (Lipinski definition) is 1. The van der Waals surface area contributed by atoms with Crippen molar-refractivity contribution in [2.24, 2.45) is 4.99 Å². The van der Waals surface area contributed by atoms with Crippen LogP contribution in [0.2, 0.25) is 0 Å². The maximum absolute atomic E-state index is 12.5. The van der Waals surface area contributed by atoms with Gasteiger partial charge in [-0.2, -0.15) is 5.10 Å². The second-order valence-electron chi connectivity index (χ2n) is 7.37. The first-order valence-corrected chi connectivity index (χ1v) is 10.7. The molecule has 1 aromatic carbocycles. The Kier molecular flexibility index (Phi) is 6.66. The summed E-state index contributed by atoms with van der Waals surface area (Å²) < 4.78 is 7.13. The molecule has 0 aliphatic carbocycles. The van der Waals surface area contributed by atoms with Crippen molar-refractivity contribution in [3.63, 3.8) is 0 Å². The van der Waals surface area contributed by atoms with Gasteiger partial charge in [0.2, 0.25) is 0 Å². The maximum atomic E-state index is 12.5. The molecule has 1 aliphatic rings. The molecule has 2 aromatic heterocycles. The lowest BCUT2D eigenvalue weighted by atomic mass is 10.2. The number of amides is 1. The minimum absolute atomic E-state index is 0.0537. The molecule has 0 atom stereocenters. The molecular formula is C23H28N6O2. The lowest BCUT2D eigenvalue weighted by Gasteiger charge is -2.36. The van der Waals surface area contributed by atoms with E-state index >= 15 is 0 Å². The Morgan fingerprint density at radius 3 is 2.58 bits per heavy atom. The van der Waals surface area contributed by atoms with Gasteiger partial charge >= 0.3 is 0 Å². The number of carbonyl (C=O) groups is 1. The summed E-state index contributed by atoms with van der Waals surface area (Å²) in [6, 6.07) is 13.5. The van der Waals surface area contributed by atoms with E-state index in [0.717, 1.165) is 43.3 Å². The smallest absolute Gasteiger partial charge is 0.289 e. The molecule has 0 unspecified atom stereocenters. The number of furan rings is 1. The van der Waals surface area contributed by atoms with Crippen LogP contribution in [0, 0.1) is 0 Å². The first-order chi connectivity index (χ1) is 15.2. The summed E-state index contributed by atoms with van der Waals surface area (Å²) in [6.45, 7) is 6.32. The summed E-state index contributed by atoms with van der Waals surface area (Å²) in [6.07, 6.45) is 6.30. The number of para-hydroxylation sites is 1. The minimum Gasteiger partial charge on any atom is -0.459 e. The first kappa shape index (κ1) is 20.7. The number of guanidine groups is 1. The van der Waals surface area contributed by atoms with Crippen molar-refractivity contribution in [2.75, 3.05) is 39.3 Å². The summed E-state index contributed by atoms with van der Waals surface area (Å²) >= 11 is 0. The van der Waals surface area contributed by atoms with Crippen LogP contribution in [0.1, 0.15) is 23.0 Å². The predicted molar refractivity (Wildman–Crippen MR) is 119 cm³/mol. The standard InChI is InChI=1S/C23H28N6O2/c1-2-24-23(28-14-12-27(13-15-28)22(30)21-9-6-16-31-21)25-11-10-19-17-26-29(18-19)20-7-4-3-5-8-20/h3-9,16-18H,2,10-15H2,1H3,(H,24,25). The van der Waals surface area contributed by atoms with Crippen LogP contribution >= 0.6 is 0 Å². The van der Waals surface area contributed by atoms with Crippen molar-refractivity contribution in [1.29, 1.82) is 0 Å². The Morgan fingerprint density at radius 2 is 1.87 bits per heavy atom. The minimum atomic E-state index is -0.0537. The fourth-order valence-corrected chi connectivity index (χ4v) is 3.61. The number of carbonyl (C=O) groups excluding carboxylic acids is 1. The number of hydrogen-bond acceptors (Lipinski definition) is 4. The van der Waals surface area contributed by atoms with Gasteiger partial charge in [-0.3, -0.25) is 9.79 Å². The van der Waals surface area contributed by atoms with Gasteiger partial charge in [-0.25, -0.2) is 4.68 Å². The molecule has 0 saturated carbocycles. The number of nitrogens with one attached hydrogen (secondary N) is 1. The average molecular weight is 421 g/mol. The normalized spacial score (nSPS) is 14.7. The van der Waals surface area contributed by atoms with Gasteiger partial charge in [0, 0.05) is 45.5 Å². The highest BCUT2D eigenvalue weighted by Crippen LogP contribution is 2.11. The van der Waals surface area contributed by atoms with E-state index in [2.05, 4.69) is 28.4 Å². The second kappa shape index (κ2) is 9.97. The van der Waals surface area contributed by atoms with Crippen LogP contribution in [-0.4, -0.2) is 70.7 Å². The maximum Gasteiger partial charge on any atom is 0.289 e. The third-order valence-corrected chi connectivity index (χ3v) is 5.25. The highest BCUT2D eigenvalue weighted by Gasteiger charge is 2.25. The Bertz CT molecular complexity index is 988. The topological polar surface area (TPSA) is 78.9 Å². The molecule has 3 aromatic rings. The van der Waals surface area contributed by atoms with Crippen molar-refractivity contribution < 1.29 is 9.21 Å². The van der Waals surface area contributed by atoms with Gasteiger partial charge in [0.05, 0.1) is 18.1 Å². The van der Waals surface area contributed by atoms with Crippen molar-refractivity contribution in [1.82, 2.24) is 24.9 Å². The summed E-state index contributed by atoms with van der Waals surface area (Å²) in [5.41, 5.74) is 2.20. The Labute approximate surface area is 182 Å². The summed E-state index contributed by atoms with van der Waals surface area (Å²) in [5.74, 6) is 1.23. The van der Waals surface area contributed by atoms with Crippen LogP contribution in [0.3, 0.4) is 0 Å². The molecule has 0 bridgehead atoms. The van der Waals surface area contributed by atoms with Crippen LogP contribution in [0.15, 0.2) is 70.5 Å². The van der Waals surface area contributed by atoms with E-state index in [1.54, 1.807) is 12.1 Å². The van der Waals surface area contributed by atoms with E-state index in [1.807, 2.05) is 46.1 Å². The zero-order chi connectivity index (χ0) is 21.5. The first-order valence-electron chi connectivity index (χ1n) is 10.7. The van der Waals surface area contributed by atoms with Crippen molar-refractivity contribution in [3.8, 4) is 5.69 Å². The average Bonchev–Trinajstić information content (AvgIpc) is 3.51. The molecule has 8 nitrogen and oxygen atoms in total. The highest BCUT2D eigenvalue weighted by atomic mass is 16.3. The Morgan fingerprint density at radius 1 is 1.10 bits per heavy atom.